The van der Waals surface area contributed by atoms with Crippen molar-refractivity contribution < 1.29 is 35.5 Å². The summed E-state index contributed by atoms with van der Waals surface area (Å²) in [7, 11) is 0. The fourth-order valence-corrected chi connectivity index (χ4v) is 0.270. The zero-order chi connectivity index (χ0) is 8.31. The van der Waals surface area contributed by atoms with Crippen LogP contribution < -0.4 is 0 Å². The van der Waals surface area contributed by atoms with Gasteiger partial charge in [-0.05, 0) is 0 Å². The van der Waals surface area contributed by atoms with Crippen molar-refractivity contribution in [2.24, 2.45) is 0 Å². The molecule has 0 aliphatic rings. The van der Waals surface area contributed by atoms with Gasteiger partial charge in [-0.3, -0.25) is 0 Å². The molecule has 0 amide bonds. The van der Waals surface area contributed by atoms with Crippen LogP contribution in [0.4, 0.5) is 0 Å². The van der Waals surface area contributed by atoms with Crippen molar-refractivity contribution >= 4 is 82.2 Å². The van der Waals surface area contributed by atoms with Crippen LogP contribution in [0, 0.1) is 0 Å². The third-order valence-corrected chi connectivity index (χ3v) is 0.805. The van der Waals surface area contributed by atoms with Crippen LogP contribution in [0.3, 0.4) is 0 Å². The number of carbonyl (C=O) groups is 2. The average Bonchev–Trinajstić information content (AvgIpc) is 1.84. The summed E-state index contributed by atoms with van der Waals surface area (Å²) in [6.07, 6.45) is -4.53. The van der Waals surface area contributed by atoms with Crippen molar-refractivity contribution in [3.8, 4) is 0 Å². The first-order valence-electron chi connectivity index (χ1n) is 2.28. The maximum atomic E-state index is 9.77. The number of hydrogen-bond acceptors (Lipinski definition) is 4. The van der Waals surface area contributed by atoms with E-state index in [2.05, 4.69) is 0 Å². The van der Waals surface area contributed by atoms with E-state index in [0.29, 0.717) is 0 Å². The number of aliphatic carboxylic acids is 2. The van der Waals surface area contributed by atoms with Gasteiger partial charge in [0.25, 0.3) is 0 Å². The molecule has 70 valence electrons. The van der Waals surface area contributed by atoms with Crippen molar-refractivity contribution in [1.29, 1.82) is 0 Å². The summed E-state index contributed by atoms with van der Waals surface area (Å²) in [5.41, 5.74) is 0. The zero-order valence-electron chi connectivity index (χ0n) is 5.26. The molecule has 2 unspecified atom stereocenters. The van der Waals surface area contributed by atoms with Gasteiger partial charge in [0.05, 0.1) is 0 Å². The summed E-state index contributed by atoms with van der Waals surface area (Å²) < 4.78 is 0. The Hall–Kier alpha value is 1.05. The molecule has 6 N–H and O–H groups in total. The number of carboxylic acids is 2. The van der Waals surface area contributed by atoms with Crippen LogP contribution in [-0.2, 0) is 9.59 Å². The average molecular weight is 216 g/mol. The molecule has 0 saturated carbocycles. The number of rotatable bonds is 3. The van der Waals surface area contributed by atoms with E-state index in [1.807, 2.05) is 0 Å². The Morgan fingerprint density at radius 1 is 0.923 bits per heavy atom. The topological polar surface area (TPSA) is 147 Å². The number of aliphatic hydroxyl groups excluding tert-OH is 2. The van der Waals surface area contributed by atoms with E-state index in [9.17, 15) is 9.59 Å². The molecule has 9 heteroatoms. The Bertz CT molecular complexity index is 145. The molecule has 7 nitrogen and oxygen atoms in total. The van der Waals surface area contributed by atoms with E-state index in [4.69, 9.17) is 20.4 Å². The minimum atomic E-state index is -2.27. The molecule has 0 bridgehead atoms. The van der Waals surface area contributed by atoms with Crippen molar-refractivity contribution in [2.45, 2.75) is 12.2 Å². The van der Waals surface area contributed by atoms with Crippen LogP contribution >= 0.6 is 0 Å². The van der Waals surface area contributed by atoms with Gasteiger partial charge in [0.2, 0.25) is 0 Å². The second-order valence-electron chi connectivity index (χ2n) is 1.57. The molecule has 0 aliphatic carbocycles. The van der Waals surface area contributed by atoms with Crippen LogP contribution in [0.5, 0.6) is 0 Å². The van der Waals surface area contributed by atoms with Crippen molar-refractivity contribution in [2.75, 3.05) is 0 Å². The van der Waals surface area contributed by atoms with E-state index in [-0.39, 0.29) is 75.7 Å². The second kappa shape index (κ2) is 11.1. The van der Waals surface area contributed by atoms with Gasteiger partial charge >= 0.3 is 82.2 Å². The van der Waals surface area contributed by atoms with Crippen LogP contribution in [0.1, 0.15) is 0 Å². The van der Waals surface area contributed by atoms with Gasteiger partial charge in [0.15, 0.2) is 12.2 Å². The van der Waals surface area contributed by atoms with Gasteiger partial charge in [-0.2, -0.15) is 0 Å². The van der Waals surface area contributed by atoms with Crippen molar-refractivity contribution in [1.82, 2.24) is 0 Å². The van der Waals surface area contributed by atoms with Crippen LogP contribution in [0.2, 0.25) is 0 Å². The maximum absolute atomic E-state index is 9.77. The molecule has 2 atom stereocenters. The first-order chi connectivity index (χ1) is 4.46. The van der Waals surface area contributed by atoms with E-state index >= 15 is 0 Å². The molecule has 0 spiro atoms. The molecule has 0 aromatic rings. The third-order valence-electron chi connectivity index (χ3n) is 0.805. The predicted octanol–water partition coefficient (Wildman–Crippen LogP) is -4.24. The third kappa shape index (κ3) is 9.36. The standard InChI is InChI=1S/C4H6O6.K.Li.H2O.2H/c5-1(3(7)8)2(6)4(9)10;;;;;/h1-2,5-6H,(H,7,8)(H,9,10);;;1H2;;. The minimum absolute atomic E-state index is 0. The fourth-order valence-electron chi connectivity index (χ4n) is 0.270. The van der Waals surface area contributed by atoms with Crippen molar-refractivity contribution in [3.63, 3.8) is 0 Å². The number of aliphatic hydroxyl groups is 2. The monoisotopic (exact) mass is 216 g/mol. The molecule has 0 rings (SSSR count). The summed E-state index contributed by atoms with van der Waals surface area (Å²) in [5, 5.41) is 32.5. The Labute approximate surface area is 128 Å². The van der Waals surface area contributed by atoms with Crippen molar-refractivity contribution in [3.05, 3.63) is 0 Å². The fraction of sp³-hybridized carbons (Fsp3) is 0.500. The molecule has 0 heterocycles. The normalized spacial score (nSPS) is 12.2. The Balaban J connectivity index is -0.000000135. The summed E-state index contributed by atoms with van der Waals surface area (Å²) >= 11 is 0. The van der Waals surface area contributed by atoms with Gasteiger partial charge in [0.1, 0.15) is 0 Å². The Morgan fingerprint density at radius 2 is 1.08 bits per heavy atom. The first kappa shape index (κ1) is 23.7. The second-order valence-corrected chi connectivity index (χ2v) is 1.57. The van der Waals surface area contributed by atoms with Gasteiger partial charge in [-0.25, -0.2) is 9.59 Å². The van der Waals surface area contributed by atoms with Gasteiger partial charge in [-0.15, -0.1) is 0 Å². The van der Waals surface area contributed by atoms with Gasteiger partial charge < -0.3 is 25.9 Å². The van der Waals surface area contributed by atoms with Gasteiger partial charge in [0, 0.05) is 0 Å². The van der Waals surface area contributed by atoms with E-state index in [0.717, 1.165) is 0 Å². The molecule has 0 radical (unpaired) electrons. The summed E-state index contributed by atoms with van der Waals surface area (Å²) in [4.78, 5) is 19.5. The van der Waals surface area contributed by atoms with E-state index in [1.54, 1.807) is 0 Å². The summed E-state index contributed by atoms with van der Waals surface area (Å²) in [6, 6.07) is 0. The predicted molar refractivity (Wildman–Crippen MR) is 45.2 cm³/mol. The molecular formula is C4H10KLiO7. The quantitative estimate of drug-likeness (QED) is 0.351. The molecule has 0 aliphatic heterocycles. The molecule has 0 saturated heterocycles. The molecule has 0 fully saturated rings. The van der Waals surface area contributed by atoms with Crippen LogP contribution in [0.25, 0.3) is 0 Å². The Morgan fingerprint density at radius 3 is 1.15 bits per heavy atom. The van der Waals surface area contributed by atoms with E-state index < -0.39 is 24.1 Å². The molecule has 0 aromatic carbocycles. The number of hydrogen-bond donors (Lipinski definition) is 4. The van der Waals surface area contributed by atoms with Gasteiger partial charge in [-0.1, -0.05) is 0 Å². The molecule has 13 heavy (non-hydrogen) atoms. The molecular weight excluding hydrogens is 206 g/mol. The first-order valence-corrected chi connectivity index (χ1v) is 2.28. The van der Waals surface area contributed by atoms with Crippen LogP contribution in [-0.4, -0.2) is 120 Å². The Kier molecular flexibility index (Phi) is 20.3. The van der Waals surface area contributed by atoms with Crippen LogP contribution in [0.15, 0.2) is 0 Å². The summed E-state index contributed by atoms with van der Waals surface area (Å²) in [6.45, 7) is 0. The molecule has 0 aromatic heterocycles. The van der Waals surface area contributed by atoms with E-state index in [1.165, 1.54) is 0 Å². The SMILES string of the molecule is O.O=C(O)C(O)C(O)C(=O)O.[KH].[LiH]. The summed E-state index contributed by atoms with van der Waals surface area (Å²) in [5.74, 6) is -3.54. The number of carboxylic acid groups (broad SMARTS) is 2. The zero-order valence-corrected chi connectivity index (χ0v) is 5.26.